The van der Waals surface area contributed by atoms with Gasteiger partial charge in [-0.2, -0.15) is 0 Å². The van der Waals surface area contributed by atoms with Gasteiger partial charge in [0.15, 0.2) is 0 Å². The molecule has 2 aromatic rings. The third-order valence-electron chi connectivity index (χ3n) is 5.07. The highest BCUT2D eigenvalue weighted by atomic mass is 35.5. The molecule has 1 aromatic carbocycles. The maximum atomic E-state index is 12.3. The first-order valence-corrected chi connectivity index (χ1v) is 9.35. The van der Waals surface area contributed by atoms with Gasteiger partial charge in [-0.1, -0.05) is 23.7 Å². The number of anilines is 2. The second-order valence-corrected chi connectivity index (χ2v) is 7.53. The van der Waals surface area contributed by atoms with Crippen LogP contribution in [-0.2, 0) is 11.2 Å². The number of halogens is 1. The van der Waals surface area contributed by atoms with Gasteiger partial charge in [0.25, 0.3) is 0 Å². The van der Waals surface area contributed by atoms with Crippen molar-refractivity contribution in [1.82, 2.24) is 14.9 Å². The van der Waals surface area contributed by atoms with Crippen molar-refractivity contribution < 1.29 is 9.53 Å². The Hall–Kier alpha value is -2.54. The molecule has 142 valence electrons. The van der Waals surface area contributed by atoms with E-state index in [9.17, 15) is 4.79 Å². The number of hydrogen-bond acceptors (Lipinski definition) is 6. The van der Waals surface area contributed by atoms with Crippen molar-refractivity contribution in [2.45, 2.75) is 18.6 Å². The van der Waals surface area contributed by atoms with Crippen LogP contribution < -0.4 is 9.80 Å². The Kier molecular flexibility index (Phi) is 4.78. The lowest BCUT2D eigenvalue weighted by Gasteiger charge is -2.23. The fourth-order valence-corrected chi connectivity index (χ4v) is 3.86. The van der Waals surface area contributed by atoms with Crippen LogP contribution in [0.5, 0.6) is 0 Å². The number of fused-ring (bicyclic) bond motifs is 1. The van der Waals surface area contributed by atoms with Crippen LogP contribution in [0.25, 0.3) is 0 Å². The van der Waals surface area contributed by atoms with E-state index in [1.165, 1.54) is 0 Å². The number of hydrogen-bond donors (Lipinski definition) is 0. The Morgan fingerprint density at radius 2 is 2.11 bits per heavy atom. The third kappa shape index (κ3) is 3.64. The second-order valence-electron chi connectivity index (χ2n) is 7.10. The normalized spacial score (nSPS) is 21.4. The van der Waals surface area contributed by atoms with Gasteiger partial charge in [0.1, 0.15) is 24.1 Å². The molecule has 3 heterocycles. The highest BCUT2D eigenvalue weighted by Crippen LogP contribution is 2.30. The molecule has 2 atom stereocenters. The van der Waals surface area contributed by atoms with Gasteiger partial charge >= 0.3 is 6.09 Å². The molecule has 0 N–H and O–H groups in total. The molecule has 2 aliphatic rings. The minimum Gasteiger partial charge on any atom is -0.442 e. The summed E-state index contributed by atoms with van der Waals surface area (Å²) in [4.78, 5) is 26.9. The van der Waals surface area contributed by atoms with Gasteiger partial charge in [-0.15, -0.1) is 0 Å². The molecule has 0 bridgehead atoms. The summed E-state index contributed by atoms with van der Waals surface area (Å²) in [5.41, 5.74) is 1.11. The summed E-state index contributed by atoms with van der Waals surface area (Å²) in [6.45, 7) is 1.96. The molecule has 0 spiro atoms. The molecule has 1 aromatic heterocycles. The van der Waals surface area contributed by atoms with Crippen LogP contribution in [0, 0.1) is 0 Å². The average molecular weight is 388 g/mol. The summed E-state index contributed by atoms with van der Waals surface area (Å²) in [6.07, 6.45) is 1.96. The quantitative estimate of drug-likeness (QED) is 0.785. The van der Waals surface area contributed by atoms with E-state index in [1.54, 1.807) is 6.33 Å². The van der Waals surface area contributed by atoms with E-state index in [-0.39, 0.29) is 18.2 Å². The molecule has 8 heteroatoms. The summed E-state index contributed by atoms with van der Waals surface area (Å²) >= 11 is 6.05. The molecule has 2 saturated heterocycles. The Morgan fingerprint density at radius 3 is 2.89 bits per heavy atom. The summed E-state index contributed by atoms with van der Waals surface area (Å²) < 4.78 is 5.60. The molecule has 27 heavy (non-hydrogen) atoms. The van der Waals surface area contributed by atoms with Gasteiger partial charge in [0.05, 0.1) is 12.6 Å². The average Bonchev–Trinajstić information content (AvgIpc) is 3.17. The Balaban J connectivity index is 1.44. The van der Waals surface area contributed by atoms with Crippen molar-refractivity contribution >= 4 is 29.3 Å². The lowest BCUT2D eigenvalue weighted by molar-refractivity contribution is 0.136. The van der Waals surface area contributed by atoms with Crippen molar-refractivity contribution in [3.8, 4) is 0 Å². The maximum absolute atomic E-state index is 12.3. The zero-order valence-electron chi connectivity index (χ0n) is 15.4. The number of amides is 1. The second kappa shape index (κ2) is 7.23. The van der Waals surface area contributed by atoms with E-state index < -0.39 is 0 Å². The van der Waals surface area contributed by atoms with Crippen LogP contribution in [0.3, 0.4) is 0 Å². The van der Waals surface area contributed by atoms with Gasteiger partial charge in [0, 0.05) is 38.3 Å². The summed E-state index contributed by atoms with van der Waals surface area (Å²) in [5.74, 6) is 1.71. The zero-order chi connectivity index (χ0) is 19.0. The number of aromatic nitrogens is 2. The minimum atomic E-state index is -0.233. The Bertz CT molecular complexity index is 846. The van der Waals surface area contributed by atoms with E-state index >= 15 is 0 Å². The van der Waals surface area contributed by atoms with Gasteiger partial charge in [-0.3, -0.25) is 4.90 Å². The smallest absolute Gasteiger partial charge is 0.410 e. The number of carbonyl (C=O) groups excluding carboxylic acids is 1. The standard InChI is InChI=1S/C19H22ClN5O2/c1-23(2)17-9-18(22-12-21-17)24-10-15-16(11-24)27-19(26)25(15)7-6-13-4-3-5-14(20)8-13/h3-5,8-9,12,15-16H,6-7,10-11H2,1-2H3/t15-,16+/m1/s1. The molecular formula is C19H22ClN5O2. The lowest BCUT2D eigenvalue weighted by atomic mass is 10.1. The van der Waals surface area contributed by atoms with E-state index in [1.807, 2.05) is 54.2 Å². The summed E-state index contributed by atoms with van der Waals surface area (Å²) in [5, 5.41) is 0.710. The van der Waals surface area contributed by atoms with Crippen LogP contribution in [-0.4, -0.2) is 66.8 Å². The number of nitrogens with zero attached hydrogens (tertiary/aromatic N) is 5. The molecule has 0 radical (unpaired) electrons. The first-order chi connectivity index (χ1) is 13.0. The minimum absolute atomic E-state index is 0.0365. The largest absolute Gasteiger partial charge is 0.442 e. The number of rotatable bonds is 5. The lowest BCUT2D eigenvalue weighted by Crippen LogP contribution is -2.39. The fraction of sp³-hybridized carbons (Fsp3) is 0.421. The maximum Gasteiger partial charge on any atom is 0.410 e. The van der Waals surface area contributed by atoms with Gasteiger partial charge in [-0.05, 0) is 24.1 Å². The van der Waals surface area contributed by atoms with Crippen molar-refractivity contribution in [1.29, 1.82) is 0 Å². The number of benzene rings is 1. The van der Waals surface area contributed by atoms with Gasteiger partial charge < -0.3 is 14.5 Å². The first kappa shape index (κ1) is 17.9. The van der Waals surface area contributed by atoms with Crippen LogP contribution in [0.4, 0.5) is 16.4 Å². The monoisotopic (exact) mass is 387 g/mol. The van der Waals surface area contributed by atoms with Gasteiger partial charge in [-0.25, -0.2) is 14.8 Å². The molecule has 0 unspecified atom stereocenters. The predicted octanol–water partition coefficient (Wildman–Crippen LogP) is 2.45. The number of carbonyl (C=O) groups is 1. The van der Waals surface area contributed by atoms with Crippen LogP contribution >= 0.6 is 11.6 Å². The predicted molar refractivity (Wildman–Crippen MR) is 104 cm³/mol. The van der Waals surface area contributed by atoms with E-state index in [4.69, 9.17) is 16.3 Å². The molecule has 2 aliphatic heterocycles. The summed E-state index contributed by atoms with van der Waals surface area (Å²) in [7, 11) is 3.90. The fourth-order valence-electron chi connectivity index (χ4n) is 3.65. The van der Waals surface area contributed by atoms with Crippen molar-refractivity contribution in [2.24, 2.45) is 0 Å². The molecule has 0 saturated carbocycles. The molecule has 0 aliphatic carbocycles. The van der Waals surface area contributed by atoms with Crippen molar-refractivity contribution in [3.05, 3.63) is 47.2 Å². The highest BCUT2D eigenvalue weighted by molar-refractivity contribution is 6.30. The third-order valence-corrected chi connectivity index (χ3v) is 5.31. The molecule has 7 nitrogen and oxygen atoms in total. The van der Waals surface area contributed by atoms with Gasteiger partial charge in [0.2, 0.25) is 0 Å². The van der Waals surface area contributed by atoms with Crippen LogP contribution in [0.15, 0.2) is 36.7 Å². The zero-order valence-corrected chi connectivity index (χ0v) is 16.1. The molecule has 1 amide bonds. The number of ether oxygens (including phenoxy) is 1. The first-order valence-electron chi connectivity index (χ1n) is 8.97. The van der Waals surface area contributed by atoms with Crippen LogP contribution in [0.1, 0.15) is 5.56 Å². The van der Waals surface area contributed by atoms with Crippen LogP contribution in [0.2, 0.25) is 5.02 Å². The molecular weight excluding hydrogens is 366 g/mol. The van der Waals surface area contributed by atoms with E-state index in [2.05, 4.69) is 14.9 Å². The van der Waals surface area contributed by atoms with E-state index in [0.717, 1.165) is 23.6 Å². The topological polar surface area (TPSA) is 61.8 Å². The van der Waals surface area contributed by atoms with Crippen molar-refractivity contribution in [2.75, 3.05) is 43.5 Å². The highest BCUT2D eigenvalue weighted by Gasteiger charge is 2.47. The van der Waals surface area contributed by atoms with Crippen molar-refractivity contribution in [3.63, 3.8) is 0 Å². The summed E-state index contributed by atoms with van der Waals surface area (Å²) in [6, 6.07) is 9.73. The van der Waals surface area contributed by atoms with E-state index in [0.29, 0.717) is 24.7 Å². The Morgan fingerprint density at radius 1 is 1.26 bits per heavy atom. The SMILES string of the molecule is CN(C)c1cc(N2C[C@@H]3OC(=O)N(CCc4cccc(Cl)c4)[C@@H]3C2)ncn1. The Labute approximate surface area is 163 Å². The molecule has 4 rings (SSSR count). The molecule has 2 fully saturated rings.